The fraction of sp³-hybridized carbons (Fsp3) is 0.741. The number of anilines is 2. The monoisotopic (exact) mass is 526 g/mol. The largest absolute Gasteiger partial charge is 0.478 e. The van der Waals surface area contributed by atoms with Crippen molar-refractivity contribution in [2.45, 2.75) is 77.3 Å². The zero-order valence-electron chi connectivity index (χ0n) is 23.0. The first kappa shape index (κ1) is 26.6. The Morgan fingerprint density at radius 3 is 2.66 bits per heavy atom. The average Bonchev–Trinajstić information content (AvgIpc) is 3.57. The number of likely N-dealkylation sites (tertiary alicyclic amines) is 1. The van der Waals surface area contributed by atoms with E-state index in [0.29, 0.717) is 49.8 Å². The quantitative estimate of drug-likeness (QED) is 0.521. The number of amides is 1. The molecule has 11 heteroatoms. The van der Waals surface area contributed by atoms with E-state index in [-0.39, 0.29) is 23.9 Å². The van der Waals surface area contributed by atoms with E-state index in [1.807, 2.05) is 11.0 Å². The van der Waals surface area contributed by atoms with E-state index in [1.54, 1.807) is 6.33 Å². The van der Waals surface area contributed by atoms with Crippen molar-refractivity contribution in [3.8, 4) is 5.88 Å². The molecule has 3 saturated heterocycles. The molecular formula is C27H42N8O3. The summed E-state index contributed by atoms with van der Waals surface area (Å²) in [6.45, 7) is 11.1. The molecule has 0 aromatic carbocycles. The molecule has 0 spiro atoms. The first-order valence-corrected chi connectivity index (χ1v) is 14.2. The molecule has 11 nitrogen and oxygen atoms in total. The van der Waals surface area contributed by atoms with Crippen molar-refractivity contribution in [2.75, 3.05) is 49.1 Å². The molecule has 2 aromatic heterocycles. The Labute approximate surface area is 225 Å². The minimum Gasteiger partial charge on any atom is -0.478 e. The Bertz CT molecular complexity index is 1070. The van der Waals surface area contributed by atoms with Gasteiger partial charge in [0.15, 0.2) is 5.82 Å². The smallest absolute Gasteiger partial charge is 0.324 e. The summed E-state index contributed by atoms with van der Waals surface area (Å²) in [6.07, 6.45) is 7.39. The first-order valence-electron chi connectivity index (χ1n) is 14.2. The predicted octanol–water partition coefficient (Wildman–Crippen LogP) is 2.83. The third kappa shape index (κ3) is 6.03. The number of hydrogen-bond donors (Lipinski definition) is 1. The maximum absolute atomic E-state index is 12.4. The van der Waals surface area contributed by atoms with Gasteiger partial charge in [-0.15, -0.1) is 0 Å². The van der Waals surface area contributed by atoms with Crippen LogP contribution in [0, 0.1) is 11.8 Å². The van der Waals surface area contributed by atoms with Crippen LogP contribution in [0.3, 0.4) is 0 Å². The highest BCUT2D eigenvalue weighted by atomic mass is 16.5. The Balaban J connectivity index is 1.07. The predicted molar refractivity (Wildman–Crippen MR) is 144 cm³/mol. The van der Waals surface area contributed by atoms with E-state index in [4.69, 9.17) is 15.0 Å². The lowest BCUT2D eigenvalue weighted by Crippen LogP contribution is -2.51. The van der Waals surface area contributed by atoms with Crippen LogP contribution in [0.1, 0.15) is 71.0 Å². The van der Waals surface area contributed by atoms with Gasteiger partial charge in [0.25, 0.3) is 0 Å². The van der Waals surface area contributed by atoms with Gasteiger partial charge in [0.1, 0.15) is 12.1 Å². The van der Waals surface area contributed by atoms with Crippen LogP contribution in [0.2, 0.25) is 0 Å². The van der Waals surface area contributed by atoms with Crippen molar-refractivity contribution in [3.05, 3.63) is 18.2 Å². The number of ether oxygens (including phenoxy) is 1. The van der Waals surface area contributed by atoms with Gasteiger partial charge in [0, 0.05) is 57.2 Å². The van der Waals surface area contributed by atoms with Crippen LogP contribution >= 0.6 is 0 Å². The van der Waals surface area contributed by atoms with Gasteiger partial charge in [-0.3, -0.25) is 4.79 Å². The Kier molecular flexibility index (Phi) is 8.30. The van der Waals surface area contributed by atoms with Crippen molar-refractivity contribution >= 4 is 17.7 Å². The highest BCUT2D eigenvalue weighted by Crippen LogP contribution is 2.30. The lowest BCUT2D eigenvalue weighted by atomic mass is 9.84. The fourth-order valence-corrected chi connectivity index (χ4v) is 5.92. The van der Waals surface area contributed by atoms with Gasteiger partial charge >= 0.3 is 6.01 Å². The van der Waals surface area contributed by atoms with Gasteiger partial charge < -0.3 is 29.7 Å². The lowest BCUT2D eigenvalue weighted by molar-refractivity contribution is -0.135. The number of hydrogen-bond acceptors (Lipinski definition) is 10. The summed E-state index contributed by atoms with van der Waals surface area (Å²) < 4.78 is 11.5. The molecule has 5 heterocycles. The molecular weight excluding hydrogens is 484 g/mol. The second-order valence-electron chi connectivity index (χ2n) is 11.4. The van der Waals surface area contributed by atoms with Crippen LogP contribution < -0.4 is 20.3 Å². The zero-order chi connectivity index (χ0) is 26.6. The molecule has 3 aliphatic heterocycles. The average molecular weight is 527 g/mol. The molecule has 0 saturated carbocycles. The van der Waals surface area contributed by atoms with Crippen LogP contribution in [0.15, 0.2) is 16.9 Å². The van der Waals surface area contributed by atoms with Crippen molar-refractivity contribution in [2.24, 2.45) is 17.6 Å². The summed E-state index contributed by atoms with van der Waals surface area (Å²) >= 11 is 0. The van der Waals surface area contributed by atoms with Crippen LogP contribution in [0.5, 0.6) is 5.88 Å². The van der Waals surface area contributed by atoms with Gasteiger partial charge in [-0.25, -0.2) is 9.97 Å². The minimum absolute atomic E-state index is 0.0338. The maximum atomic E-state index is 12.4. The number of piperidine rings is 2. The van der Waals surface area contributed by atoms with Gasteiger partial charge in [-0.2, -0.15) is 4.98 Å². The summed E-state index contributed by atoms with van der Waals surface area (Å²) in [6, 6.07) is 2.49. The normalized spacial score (nSPS) is 23.9. The topological polar surface area (TPSA) is 127 Å². The molecule has 2 aromatic rings. The standard InChI is InChI=1S/C27H42N8O3/c1-18(2)26-31-27(38-32-26)33-11-7-20(8-12-33)19(3)9-13-37-24-14-23(29-17-30-24)34-15-21(28)22(16-34)35-10-5-4-6-25(35)36/h14,17-22H,4-13,15-16,28H2,1-3H3/t19-,21+,22+/m1/s1. The minimum atomic E-state index is -0.0827. The molecule has 0 aliphatic carbocycles. The molecule has 2 N–H and O–H groups in total. The molecule has 3 atom stereocenters. The first-order chi connectivity index (χ1) is 18.4. The van der Waals surface area contributed by atoms with Gasteiger partial charge in [-0.05, 0) is 43.9 Å². The molecule has 0 bridgehead atoms. The molecule has 1 amide bonds. The Hall–Kier alpha value is -2.95. The molecule has 38 heavy (non-hydrogen) atoms. The number of rotatable bonds is 9. The molecule has 5 rings (SSSR count). The van der Waals surface area contributed by atoms with E-state index in [1.165, 1.54) is 0 Å². The third-order valence-electron chi connectivity index (χ3n) is 8.43. The molecule has 0 unspecified atom stereocenters. The SMILES string of the molecule is CC(C)c1noc(N2CCC([C@H](C)CCOc3cc(N4C[C@H](N)[C@@H](N5CCCCC5=O)C4)ncn3)CC2)n1. The van der Waals surface area contributed by atoms with Crippen LogP contribution in [-0.2, 0) is 4.79 Å². The zero-order valence-corrected chi connectivity index (χ0v) is 23.0. The van der Waals surface area contributed by atoms with Crippen molar-refractivity contribution in [3.63, 3.8) is 0 Å². The van der Waals surface area contributed by atoms with Gasteiger partial charge in [0.05, 0.1) is 12.6 Å². The van der Waals surface area contributed by atoms with Crippen LogP contribution in [0.25, 0.3) is 0 Å². The van der Waals surface area contributed by atoms with E-state index in [0.717, 1.165) is 63.4 Å². The molecule has 3 aliphatic rings. The fourth-order valence-electron chi connectivity index (χ4n) is 5.92. The number of carbonyl (C=O) groups excluding carboxylic acids is 1. The summed E-state index contributed by atoms with van der Waals surface area (Å²) in [4.78, 5) is 32.1. The third-order valence-corrected chi connectivity index (χ3v) is 8.43. The Morgan fingerprint density at radius 2 is 1.92 bits per heavy atom. The summed E-state index contributed by atoms with van der Waals surface area (Å²) in [5.74, 6) is 3.84. The van der Waals surface area contributed by atoms with Gasteiger partial charge in [-0.1, -0.05) is 25.9 Å². The highest BCUT2D eigenvalue weighted by molar-refractivity contribution is 5.77. The van der Waals surface area contributed by atoms with E-state index in [2.05, 4.69) is 50.7 Å². The summed E-state index contributed by atoms with van der Waals surface area (Å²) in [7, 11) is 0. The second kappa shape index (κ2) is 11.8. The lowest BCUT2D eigenvalue weighted by Gasteiger charge is -2.34. The number of carbonyl (C=O) groups is 1. The number of nitrogens with two attached hydrogens (primary N) is 1. The highest BCUT2D eigenvalue weighted by Gasteiger charge is 2.38. The van der Waals surface area contributed by atoms with E-state index < -0.39 is 0 Å². The molecule has 3 fully saturated rings. The maximum Gasteiger partial charge on any atom is 0.324 e. The molecule has 208 valence electrons. The van der Waals surface area contributed by atoms with E-state index in [9.17, 15) is 4.79 Å². The van der Waals surface area contributed by atoms with Crippen molar-refractivity contribution in [1.82, 2.24) is 25.0 Å². The van der Waals surface area contributed by atoms with Crippen LogP contribution in [0.4, 0.5) is 11.8 Å². The Morgan fingerprint density at radius 1 is 1.11 bits per heavy atom. The van der Waals surface area contributed by atoms with Crippen molar-refractivity contribution in [1.29, 1.82) is 0 Å². The molecule has 0 radical (unpaired) electrons. The van der Waals surface area contributed by atoms with E-state index >= 15 is 0 Å². The number of nitrogens with zero attached hydrogens (tertiary/aromatic N) is 7. The second-order valence-corrected chi connectivity index (χ2v) is 11.4. The van der Waals surface area contributed by atoms with Crippen LogP contribution in [-0.4, -0.2) is 82.3 Å². The summed E-state index contributed by atoms with van der Waals surface area (Å²) in [5, 5.41) is 4.10. The number of aromatic nitrogens is 4. The van der Waals surface area contributed by atoms with Crippen molar-refractivity contribution < 1.29 is 14.1 Å². The van der Waals surface area contributed by atoms with Gasteiger partial charge in [0.2, 0.25) is 11.8 Å². The summed E-state index contributed by atoms with van der Waals surface area (Å²) in [5.41, 5.74) is 6.45.